The molecule has 0 bridgehead atoms. The fraction of sp³-hybridized carbons (Fsp3) is 0.263. The first-order valence-electron chi connectivity index (χ1n) is 8.83. The lowest BCUT2D eigenvalue weighted by Gasteiger charge is -2.15. The number of hydrogen-bond acceptors (Lipinski definition) is 6. The van der Waals surface area contributed by atoms with Gasteiger partial charge < -0.3 is 10.6 Å². The molecule has 150 valence electrons. The van der Waals surface area contributed by atoms with Crippen molar-refractivity contribution in [3.63, 3.8) is 0 Å². The van der Waals surface area contributed by atoms with Gasteiger partial charge >= 0.3 is 0 Å². The molecule has 10 heteroatoms. The molecule has 2 N–H and O–H groups in total. The Kier molecular flexibility index (Phi) is 5.62. The van der Waals surface area contributed by atoms with E-state index in [-0.39, 0.29) is 34.9 Å². The van der Waals surface area contributed by atoms with Gasteiger partial charge in [0.15, 0.2) is 5.82 Å². The van der Waals surface area contributed by atoms with Crippen molar-refractivity contribution in [2.75, 3.05) is 10.6 Å². The predicted molar refractivity (Wildman–Crippen MR) is 104 cm³/mol. The van der Waals surface area contributed by atoms with Crippen molar-refractivity contribution < 1.29 is 14.0 Å². The summed E-state index contributed by atoms with van der Waals surface area (Å²) in [5, 5.41) is 17.1. The van der Waals surface area contributed by atoms with Crippen molar-refractivity contribution in [1.82, 2.24) is 25.2 Å². The monoisotopic (exact) mass is 397 g/mol. The lowest BCUT2D eigenvalue weighted by Crippen LogP contribution is -2.25. The van der Waals surface area contributed by atoms with Crippen LogP contribution in [0.4, 0.5) is 15.8 Å². The number of benzene rings is 1. The minimum Gasteiger partial charge on any atom is -0.324 e. The molecule has 3 aromatic rings. The first kappa shape index (κ1) is 20.1. The van der Waals surface area contributed by atoms with Gasteiger partial charge in [-0.15, -0.1) is 10.2 Å². The number of anilines is 2. The molecule has 0 aliphatic carbocycles. The van der Waals surface area contributed by atoms with E-state index >= 15 is 0 Å². The Morgan fingerprint density at radius 3 is 2.55 bits per heavy atom. The second-order valence-electron chi connectivity index (χ2n) is 7.25. The lowest BCUT2D eigenvalue weighted by atomic mass is 10.1. The van der Waals surface area contributed by atoms with Gasteiger partial charge in [-0.2, -0.15) is 4.80 Å². The van der Waals surface area contributed by atoms with E-state index in [1.807, 2.05) is 20.8 Å². The number of amides is 2. The van der Waals surface area contributed by atoms with Crippen LogP contribution in [0.5, 0.6) is 0 Å². The molecule has 0 saturated carbocycles. The van der Waals surface area contributed by atoms with Crippen LogP contribution in [0.1, 0.15) is 37.1 Å². The molecule has 0 spiro atoms. The molecular formula is C19H20FN7O2. The van der Waals surface area contributed by atoms with Gasteiger partial charge in [0.25, 0.3) is 5.91 Å². The van der Waals surface area contributed by atoms with E-state index in [9.17, 15) is 14.0 Å². The molecule has 0 saturated heterocycles. The molecule has 0 unspecified atom stereocenters. The smallest absolute Gasteiger partial charge is 0.274 e. The van der Waals surface area contributed by atoms with Crippen molar-refractivity contribution >= 4 is 23.2 Å². The van der Waals surface area contributed by atoms with Crippen LogP contribution in [0.15, 0.2) is 42.6 Å². The molecule has 0 radical (unpaired) electrons. The molecule has 29 heavy (non-hydrogen) atoms. The van der Waals surface area contributed by atoms with E-state index in [1.54, 1.807) is 18.2 Å². The normalized spacial score (nSPS) is 11.2. The maximum absolute atomic E-state index is 13.7. The Morgan fingerprint density at radius 2 is 1.90 bits per heavy atom. The summed E-state index contributed by atoms with van der Waals surface area (Å²) in [6, 6.07) is 8.56. The summed E-state index contributed by atoms with van der Waals surface area (Å²) in [5.41, 5.74) is 0.175. The first-order chi connectivity index (χ1) is 13.7. The van der Waals surface area contributed by atoms with Gasteiger partial charge in [0.05, 0.1) is 23.3 Å². The molecule has 9 nitrogen and oxygen atoms in total. The summed E-state index contributed by atoms with van der Waals surface area (Å²) in [7, 11) is 0. The van der Waals surface area contributed by atoms with Gasteiger partial charge in [0.2, 0.25) is 5.91 Å². The summed E-state index contributed by atoms with van der Waals surface area (Å²) >= 11 is 0. The Morgan fingerprint density at radius 1 is 1.10 bits per heavy atom. The highest BCUT2D eigenvalue weighted by Gasteiger charge is 2.19. The van der Waals surface area contributed by atoms with Crippen LogP contribution in [0.3, 0.4) is 0 Å². The summed E-state index contributed by atoms with van der Waals surface area (Å²) in [5.74, 6) is -1.29. The number of hydrogen-bond donors (Lipinski definition) is 2. The van der Waals surface area contributed by atoms with Crippen molar-refractivity contribution in [2.45, 2.75) is 32.7 Å². The number of aromatic nitrogens is 5. The maximum Gasteiger partial charge on any atom is 0.274 e. The van der Waals surface area contributed by atoms with Crippen molar-refractivity contribution in [1.29, 1.82) is 0 Å². The number of carbonyl (C=O) groups excluding carboxylic acids is 2. The third-order valence-corrected chi connectivity index (χ3v) is 3.78. The summed E-state index contributed by atoms with van der Waals surface area (Å²) in [4.78, 5) is 30.1. The molecule has 0 aliphatic rings. The molecule has 0 fully saturated rings. The van der Waals surface area contributed by atoms with E-state index in [1.165, 1.54) is 23.1 Å². The van der Waals surface area contributed by atoms with E-state index in [2.05, 4.69) is 31.0 Å². The van der Waals surface area contributed by atoms with Crippen molar-refractivity contribution in [3.05, 3.63) is 59.9 Å². The van der Waals surface area contributed by atoms with Crippen LogP contribution in [-0.2, 0) is 16.8 Å². The molecule has 2 aromatic heterocycles. The number of rotatable bonds is 5. The standard InChI is InChI=1S/C19H20FN7O2/c1-19(2,3)27-25-16(24-26-27)11-17(28)22-15-10-12(20)7-8-13(15)23-18(29)14-6-4-5-9-21-14/h4-10H,11H2,1-3H3,(H,22,28)(H,23,29). The minimum absolute atomic E-state index is 0.113. The number of tetrazole rings is 1. The van der Waals surface area contributed by atoms with Crippen molar-refractivity contribution in [3.8, 4) is 0 Å². The topological polar surface area (TPSA) is 115 Å². The number of halogens is 1. The highest BCUT2D eigenvalue weighted by Crippen LogP contribution is 2.23. The molecular weight excluding hydrogens is 377 g/mol. The average molecular weight is 397 g/mol. The van der Waals surface area contributed by atoms with Crippen molar-refractivity contribution in [2.24, 2.45) is 0 Å². The van der Waals surface area contributed by atoms with E-state index < -0.39 is 17.6 Å². The third kappa shape index (κ3) is 5.18. The van der Waals surface area contributed by atoms with E-state index in [0.29, 0.717) is 0 Å². The Bertz CT molecular complexity index is 1030. The van der Waals surface area contributed by atoms with Gasteiger partial charge in [-0.1, -0.05) is 6.07 Å². The number of nitrogens with zero attached hydrogens (tertiary/aromatic N) is 5. The first-order valence-corrected chi connectivity index (χ1v) is 8.83. The molecule has 2 heterocycles. The summed E-state index contributed by atoms with van der Waals surface area (Å²) in [6.45, 7) is 5.71. The van der Waals surface area contributed by atoms with Crippen LogP contribution in [-0.4, -0.2) is 37.0 Å². The minimum atomic E-state index is -0.562. The Labute approximate surface area is 166 Å². The zero-order valence-corrected chi connectivity index (χ0v) is 16.2. The third-order valence-electron chi connectivity index (χ3n) is 3.78. The molecule has 2 amide bonds. The maximum atomic E-state index is 13.7. The second kappa shape index (κ2) is 8.13. The van der Waals surface area contributed by atoms with E-state index in [4.69, 9.17) is 0 Å². The zero-order chi connectivity index (χ0) is 21.0. The zero-order valence-electron chi connectivity index (χ0n) is 16.2. The second-order valence-corrected chi connectivity index (χ2v) is 7.25. The molecule has 3 rings (SSSR count). The van der Waals surface area contributed by atoms with Crippen LogP contribution >= 0.6 is 0 Å². The Hall–Kier alpha value is -3.69. The van der Waals surface area contributed by atoms with E-state index in [0.717, 1.165) is 6.07 Å². The Balaban J connectivity index is 1.73. The van der Waals surface area contributed by atoms with Crippen LogP contribution in [0.25, 0.3) is 0 Å². The summed E-state index contributed by atoms with van der Waals surface area (Å²) < 4.78 is 13.7. The highest BCUT2D eigenvalue weighted by molar-refractivity contribution is 6.06. The highest BCUT2D eigenvalue weighted by atomic mass is 19.1. The predicted octanol–water partition coefficient (Wildman–Crippen LogP) is 2.40. The van der Waals surface area contributed by atoms with Gasteiger partial charge in [0, 0.05) is 6.20 Å². The van der Waals surface area contributed by atoms with Gasteiger partial charge in [-0.3, -0.25) is 14.6 Å². The number of pyridine rings is 1. The van der Waals surface area contributed by atoms with Crippen LogP contribution < -0.4 is 10.6 Å². The molecule has 0 aliphatic heterocycles. The SMILES string of the molecule is CC(C)(C)n1nnc(CC(=O)Nc2cc(F)ccc2NC(=O)c2ccccn2)n1. The van der Waals surface area contributed by atoms with Crippen LogP contribution in [0.2, 0.25) is 0 Å². The number of nitrogens with one attached hydrogen (secondary N) is 2. The average Bonchev–Trinajstić information content (AvgIpc) is 3.13. The lowest BCUT2D eigenvalue weighted by molar-refractivity contribution is -0.115. The van der Waals surface area contributed by atoms with Gasteiger partial charge in [0.1, 0.15) is 11.5 Å². The summed E-state index contributed by atoms with van der Waals surface area (Å²) in [6.07, 6.45) is 1.33. The quantitative estimate of drug-likeness (QED) is 0.683. The van der Waals surface area contributed by atoms with Crippen LogP contribution in [0, 0.1) is 5.82 Å². The fourth-order valence-corrected chi connectivity index (χ4v) is 2.35. The number of carbonyl (C=O) groups is 2. The fourth-order valence-electron chi connectivity index (χ4n) is 2.35. The van der Waals surface area contributed by atoms with Gasteiger partial charge in [-0.05, 0) is 56.3 Å². The molecule has 1 aromatic carbocycles. The van der Waals surface area contributed by atoms with Gasteiger partial charge in [-0.25, -0.2) is 4.39 Å². The largest absolute Gasteiger partial charge is 0.324 e. The molecule has 0 atom stereocenters.